The quantitative estimate of drug-likeness (QED) is 0.543. The number of benzene rings is 1. The van der Waals surface area contributed by atoms with Gasteiger partial charge in [0.25, 0.3) is 0 Å². The second-order valence-corrected chi connectivity index (χ2v) is 4.54. The second-order valence-electron chi connectivity index (χ2n) is 3.96. The zero-order valence-corrected chi connectivity index (χ0v) is 10.6. The SMILES string of the molecule is Nc1cccc(C(=S=O)c2nc3ccccc3[nH]2)n1. The van der Waals surface area contributed by atoms with E-state index in [1.54, 1.807) is 18.2 Å². The third-order valence-corrected chi connectivity index (χ3v) is 3.26. The summed E-state index contributed by atoms with van der Waals surface area (Å²) in [4.78, 5) is 12.1. The molecule has 2 aromatic heterocycles. The molecule has 0 aliphatic rings. The maximum absolute atomic E-state index is 11.4. The number of imidazole rings is 1. The molecule has 2 heterocycles. The van der Waals surface area contributed by atoms with Crippen molar-refractivity contribution in [3.8, 4) is 0 Å². The van der Waals surface area contributed by atoms with E-state index in [4.69, 9.17) is 5.73 Å². The molecule has 0 aliphatic heterocycles. The summed E-state index contributed by atoms with van der Waals surface area (Å²) < 4.78 is 11.4. The lowest BCUT2D eigenvalue weighted by Crippen LogP contribution is -2.08. The molecule has 6 heteroatoms. The summed E-state index contributed by atoms with van der Waals surface area (Å²) >= 11 is 0.355. The average Bonchev–Trinajstić information content (AvgIpc) is 2.83. The van der Waals surface area contributed by atoms with Crippen molar-refractivity contribution in [3.05, 3.63) is 54.0 Å². The fourth-order valence-electron chi connectivity index (χ4n) is 1.84. The molecule has 19 heavy (non-hydrogen) atoms. The number of H-pyrrole nitrogens is 1. The minimum absolute atomic E-state index is 0.355. The molecule has 0 atom stereocenters. The number of nitrogens with one attached hydrogen (secondary N) is 1. The summed E-state index contributed by atoms with van der Waals surface area (Å²) in [6.07, 6.45) is 0. The molecule has 1 aromatic carbocycles. The van der Waals surface area contributed by atoms with Crippen LogP contribution >= 0.6 is 0 Å². The Hall–Kier alpha value is -2.47. The Morgan fingerprint density at radius 1 is 1.11 bits per heavy atom. The van der Waals surface area contributed by atoms with Gasteiger partial charge >= 0.3 is 0 Å². The number of nitrogens with two attached hydrogens (primary N) is 1. The second kappa shape index (κ2) is 4.66. The Morgan fingerprint density at radius 2 is 1.95 bits per heavy atom. The number of aromatic nitrogens is 3. The molecule has 3 rings (SSSR count). The lowest BCUT2D eigenvalue weighted by molar-refractivity contribution is 0.701. The zero-order chi connectivity index (χ0) is 13.2. The van der Waals surface area contributed by atoms with E-state index in [-0.39, 0.29) is 0 Å². The topological polar surface area (TPSA) is 84.7 Å². The first-order valence-corrected chi connectivity index (χ1v) is 6.37. The Morgan fingerprint density at radius 3 is 2.68 bits per heavy atom. The predicted octanol–water partition coefficient (Wildman–Crippen LogP) is 1.32. The number of anilines is 1. The Labute approximate surface area is 112 Å². The molecule has 0 saturated heterocycles. The van der Waals surface area contributed by atoms with Gasteiger partial charge in [-0.25, -0.2) is 14.2 Å². The number of hydrogen-bond donors (Lipinski definition) is 2. The van der Waals surface area contributed by atoms with Crippen molar-refractivity contribution in [2.45, 2.75) is 0 Å². The molecule has 0 saturated carbocycles. The number of nitrogen functional groups attached to an aromatic ring is 1. The summed E-state index contributed by atoms with van der Waals surface area (Å²) in [5.74, 6) is 0.888. The van der Waals surface area contributed by atoms with Gasteiger partial charge in [0.05, 0.1) is 16.7 Å². The van der Waals surface area contributed by atoms with Crippen LogP contribution in [0.1, 0.15) is 11.5 Å². The minimum atomic E-state index is 0.355. The largest absolute Gasteiger partial charge is 0.384 e. The van der Waals surface area contributed by atoms with Crippen molar-refractivity contribution in [3.63, 3.8) is 0 Å². The fraction of sp³-hybridized carbons (Fsp3) is 0. The first kappa shape index (κ1) is 11.6. The van der Waals surface area contributed by atoms with Crippen LogP contribution in [0.4, 0.5) is 5.82 Å². The molecule has 0 spiro atoms. The number of para-hydroxylation sites is 2. The van der Waals surface area contributed by atoms with Crippen molar-refractivity contribution in [1.82, 2.24) is 15.0 Å². The number of pyridine rings is 1. The van der Waals surface area contributed by atoms with Crippen molar-refractivity contribution < 1.29 is 4.21 Å². The Balaban J connectivity index is 2.15. The van der Waals surface area contributed by atoms with Gasteiger partial charge in [0.2, 0.25) is 0 Å². The van der Waals surface area contributed by atoms with E-state index < -0.39 is 0 Å². The summed E-state index contributed by atoms with van der Waals surface area (Å²) in [6, 6.07) is 12.8. The van der Waals surface area contributed by atoms with Crippen molar-refractivity contribution in [2.24, 2.45) is 0 Å². The molecule has 5 nitrogen and oxygen atoms in total. The van der Waals surface area contributed by atoms with Gasteiger partial charge in [-0.15, -0.1) is 0 Å². The monoisotopic (exact) mass is 270 g/mol. The van der Waals surface area contributed by atoms with E-state index in [0.29, 0.717) is 33.5 Å². The van der Waals surface area contributed by atoms with Crippen molar-refractivity contribution >= 4 is 33.0 Å². The first-order chi connectivity index (χ1) is 9.28. The standard InChI is InChI=1S/C13H10N4OS/c14-11-7-3-6-10(15-11)12(19-18)13-16-8-4-1-2-5-9(8)17-13/h1-7H,(H2,14,15)(H,16,17). The predicted molar refractivity (Wildman–Crippen MR) is 76.1 cm³/mol. The lowest BCUT2D eigenvalue weighted by atomic mass is 10.2. The number of rotatable bonds is 2. The van der Waals surface area contributed by atoms with Crippen molar-refractivity contribution in [1.29, 1.82) is 0 Å². The van der Waals surface area contributed by atoms with Crippen LogP contribution in [0.5, 0.6) is 0 Å². The van der Waals surface area contributed by atoms with Crippen LogP contribution in [0.15, 0.2) is 42.5 Å². The van der Waals surface area contributed by atoms with E-state index in [0.717, 1.165) is 11.0 Å². The molecular weight excluding hydrogens is 260 g/mol. The molecule has 3 N–H and O–H groups in total. The van der Waals surface area contributed by atoms with Gasteiger partial charge in [-0.05, 0) is 24.3 Å². The van der Waals surface area contributed by atoms with Crippen molar-refractivity contribution in [2.75, 3.05) is 5.73 Å². The highest BCUT2D eigenvalue weighted by Crippen LogP contribution is 2.13. The normalized spacial score (nSPS) is 10.5. The van der Waals surface area contributed by atoms with Gasteiger partial charge in [-0.1, -0.05) is 18.2 Å². The Kier molecular flexibility index (Phi) is 2.85. The molecule has 0 fully saturated rings. The molecular formula is C13H10N4OS. The van der Waals surface area contributed by atoms with Crippen LogP contribution < -0.4 is 5.73 Å². The number of nitrogens with zero attached hydrogens (tertiary/aromatic N) is 2. The van der Waals surface area contributed by atoms with E-state index >= 15 is 0 Å². The summed E-state index contributed by atoms with van der Waals surface area (Å²) in [6.45, 7) is 0. The van der Waals surface area contributed by atoms with E-state index in [1.165, 1.54) is 0 Å². The highest BCUT2D eigenvalue weighted by Gasteiger charge is 2.13. The zero-order valence-electron chi connectivity index (χ0n) is 9.83. The van der Waals surface area contributed by atoms with Gasteiger partial charge in [-0.2, -0.15) is 0 Å². The summed E-state index contributed by atoms with van der Waals surface area (Å²) in [7, 11) is 0. The lowest BCUT2D eigenvalue weighted by Gasteiger charge is -1.99. The molecule has 0 radical (unpaired) electrons. The van der Waals surface area contributed by atoms with Crippen LogP contribution in [0.3, 0.4) is 0 Å². The van der Waals surface area contributed by atoms with Crippen LogP contribution in [-0.2, 0) is 11.3 Å². The molecule has 0 amide bonds. The van der Waals surface area contributed by atoms with Crippen LogP contribution in [0.2, 0.25) is 0 Å². The molecule has 0 bridgehead atoms. The number of fused-ring (bicyclic) bond motifs is 1. The van der Waals surface area contributed by atoms with E-state index in [2.05, 4.69) is 15.0 Å². The number of hydrogen-bond acceptors (Lipinski definition) is 4. The van der Waals surface area contributed by atoms with Gasteiger partial charge in [0.15, 0.2) is 5.82 Å². The third-order valence-electron chi connectivity index (χ3n) is 2.69. The first-order valence-electron chi connectivity index (χ1n) is 5.63. The van der Waals surface area contributed by atoms with Gasteiger partial charge in [0, 0.05) is 0 Å². The molecule has 0 aliphatic carbocycles. The van der Waals surface area contributed by atoms with Gasteiger partial charge in [-0.3, -0.25) is 0 Å². The molecule has 3 aromatic rings. The fourth-order valence-corrected chi connectivity index (χ4v) is 2.22. The third kappa shape index (κ3) is 2.13. The van der Waals surface area contributed by atoms with Crippen LogP contribution in [0, 0.1) is 0 Å². The highest BCUT2D eigenvalue weighted by atomic mass is 32.1. The molecule has 0 unspecified atom stereocenters. The van der Waals surface area contributed by atoms with E-state index in [9.17, 15) is 4.21 Å². The minimum Gasteiger partial charge on any atom is -0.384 e. The average molecular weight is 270 g/mol. The Bertz CT molecular complexity index is 772. The maximum Gasteiger partial charge on any atom is 0.154 e. The summed E-state index contributed by atoms with van der Waals surface area (Å²) in [5, 5.41) is 0. The van der Waals surface area contributed by atoms with Gasteiger partial charge < -0.3 is 10.7 Å². The summed E-state index contributed by atoms with van der Waals surface area (Å²) in [5.41, 5.74) is 7.86. The maximum atomic E-state index is 11.4. The molecule has 94 valence electrons. The van der Waals surface area contributed by atoms with Gasteiger partial charge in [0.1, 0.15) is 21.9 Å². The van der Waals surface area contributed by atoms with Crippen LogP contribution in [0.25, 0.3) is 11.0 Å². The number of aromatic amines is 1. The highest BCUT2D eigenvalue weighted by molar-refractivity contribution is 7.67. The van der Waals surface area contributed by atoms with Crippen LogP contribution in [-0.4, -0.2) is 24.0 Å². The van der Waals surface area contributed by atoms with E-state index in [1.807, 2.05) is 24.3 Å². The smallest absolute Gasteiger partial charge is 0.154 e.